The van der Waals surface area contributed by atoms with Crippen molar-refractivity contribution in [2.45, 2.75) is 13.8 Å². The Morgan fingerprint density at radius 1 is 1.35 bits per heavy atom. The highest BCUT2D eigenvalue weighted by molar-refractivity contribution is 6.31. The summed E-state index contributed by atoms with van der Waals surface area (Å²) in [6, 6.07) is 7.14. The van der Waals surface area contributed by atoms with E-state index in [1.165, 1.54) is 0 Å². The number of nitrogens with one attached hydrogen (secondary N) is 2. The van der Waals surface area contributed by atoms with E-state index in [1.54, 1.807) is 25.1 Å². The molecule has 0 unspecified atom stereocenters. The molecular formula is C14H12ClN3O2. The Bertz CT molecular complexity index is 804. The van der Waals surface area contributed by atoms with Gasteiger partial charge in [-0.2, -0.15) is 0 Å². The Labute approximate surface area is 119 Å². The van der Waals surface area contributed by atoms with E-state index in [0.717, 1.165) is 16.5 Å². The van der Waals surface area contributed by atoms with Crippen molar-refractivity contribution < 1.29 is 9.32 Å². The van der Waals surface area contributed by atoms with Crippen LogP contribution in [0.1, 0.15) is 21.8 Å². The minimum Gasteiger partial charge on any atom is -0.360 e. The summed E-state index contributed by atoms with van der Waals surface area (Å²) in [7, 11) is 0. The largest absolute Gasteiger partial charge is 0.360 e. The van der Waals surface area contributed by atoms with E-state index >= 15 is 0 Å². The first-order valence-corrected chi connectivity index (χ1v) is 6.45. The van der Waals surface area contributed by atoms with Gasteiger partial charge >= 0.3 is 0 Å². The fraction of sp³-hybridized carbons (Fsp3) is 0.143. The smallest absolute Gasteiger partial charge is 0.273 e. The molecule has 1 amide bonds. The number of aromatic nitrogens is 2. The molecule has 0 aliphatic heterocycles. The number of hydrogen-bond donors (Lipinski definition) is 2. The number of rotatable bonds is 2. The monoisotopic (exact) mass is 289 g/mol. The number of H-pyrrole nitrogens is 1. The van der Waals surface area contributed by atoms with Gasteiger partial charge in [0.2, 0.25) is 0 Å². The summed E-state index contributed by atoms with van der Waals surface area (Å²) in [6.07, 6.45) is 0. The topological polar surface area (TPSA) is 70.9 Å². The van der Waals surface area contributed by atoms with E-state index in [-0.39, 0.29) is 5.91 Å². The molecule has 20 heavy (non-hydrogen) atoms. The number of hydrogen-bond acceptors (Lipinski definition) is 3. The van der Waals surface area contributed by atoms with Crippen molar-refractivity contribution in [3.63, 3.8) is 0 Å². The van der Waals surface area contributed by atoms with E-state index in [4.69, 9.17) is 16.1 Å². The van der Waals surface area contributed by atoms with Crippen molar-refractivity contribution in [2.75, 3.05) is 5.32 Å². The molecule has 1 aromatic carbocycles. The van der Waals surface area contributed by atoms with E-state index in [0.29, 0.717) is 22.3 Å². The third kappa shape index (κ3) is 2.16. The predicted octanol–water partition coefficient (Wildman–Crippen LogP) is 3.68. The maximum atomic E-state index is 12.2. The number of carbonyl (C=O) groups is 1. The van der Waals surface area contributed by atoms with Gasteiger partial charge in [0.1, 0.15) is 11.5 Å². The van der Waals surface area contributed by atoms with Crippen LogP contribution in [-0.2, 0) is 0 Å². The number of aromatic amines is 1. The Balaban J connectivity index is 1.97. The van der Waals surface area contributed by atoms with Gasteiger partial charge in [-0.1, -0.05) is 22.8 Å². The van der Waals surface area contributed by atoms with E-state index < -0.39 is 0 Å². The lowest BCUT2D eigenvalue weighted by Gasteiger charge is -1.99. The van der Waals surface area contributed by atoms with Crippen LogP contribution in [0, 0.1) is 13.8 Å². The highest BCUT2D eigenvalue weighted by Crippen LogP contribution is 2.25. The lowest BCUT2D eigenvalue weighted by Crippen LogP contribution is -2.13. The summed E-state index contributed by atoms with van der Waals surface area (Å²) in [6.45, 7) is 3.65. The van der Waals surface area contributed by atoms with Gasteiger partial charge in [0, 0.05) is 22.0 Å². The van der Waals surface area contributed by atoms with Gasteiger partial charge in [-0.05, 0) is 31.5 Å². The number of aryl methyl sites for hydroxylation is 2. The fourth-order valence-corrected chi connectivity index (χ4v) is 2.31. The zero-order valence-corrected chi connectivity index (χ0v) is 11.7. The van der Waals surface area contributed by atoms with Gasteiger partial charge in [-0.25, -0.2) is 0 Å². The van der Waals surface area contributed by atoms with Crippen LogP contribution in [-0.4, -0.2) is 16.0 Å². The molecule has 2 heterocycles. The average Bonchev–Trinajstić information content (AvgIpc) is 2.94. The molecule has 0 atom stereocenters. The lowest BCUT2D eigenvalue weighted by atomic mass is 10.1. The molecule has 3 rings (SSSR count). The Morgan fingerprint density at radius 3 is 2.85 bits per heavy atom. The van der Waals surface area contributed by atoms with Gasteiger partial charge in [-0.3, -0.25) is 4.79 Å². The molecule has 102 valence electrons. The van der Waals surface area contributed by atoms with Crippen LogP contribution < -0.4 is 5.32 Å². The maximum absolute atomic E-state index is 12.2. The predicted molar refractivity (Wildman–Crippen MR) is 77.2 cm³/mol. The van der Waals surface area contributed by atoms with Gasteiger partial charge in [-0.15, -0.1) is 0 Å². The van der Waals surface area contributed by atoms with Gasteiger partial charge in [0.05, 0.1) is 0 Å². The van der Waals surface area contributed by atoms with Crippen LogP contribution in [0.5, 0.6) is 0 Å². The summed E-state index contributed by atoms with van der Waals surface area (Å²) in [4.78, 5) is 15.3. The standard InChI is InChI=1S/C14H12ClN3O2/c1-7-5-12(18-20-7)17-14(19)13-8(2)10-4-3-9(15)6-11(10)16-13/h3-6,16H,1-2H3,(H,17,18,19). The second-order valence-corrected chi connectivity index (χ2v) is 5.03. The molecular weight excluding hydrogens is 278 g/mol. The van der Waals surface area contributed by atoms with Gasteiger partial charge in [0.25, 0.3) is 5.91 Å². The third-order valence-corrected chi connectivity index (χ3v) is 3.35. The van der Waals surface area contributed by atoms with Crippen LogP contribution in [0.2, 0.25) is 5.02 Å². The number of fused-ring (bicyclic) bond motifs is 1. The molecule has 2 N–H and O–H groups in total. The van der Waals surface area contributed by atoms with E-state index in [2.05, 4.69) is 15.5 Å². The molecule has 0 spiro atoms. The van der Waals surface area contributed by atoms with E-state index in [1.807, 2.05) is 13.0 Å². The SMILES string of the molecule is Cc1cc(NC(=O)c2[nH]c3cc(Cl)ccc3c2C)no1. The van der Waals surface area contributed by atoms with Crippen LogP contribution in [0.25, 0.3) is 10.9 Å². The van der Waals surface area contributed by atoms with Crippen LogP contribution in [0.4, 0.5) is 5.82 Å². The lowest BCUT2D eigenvalue weighted by molar-refractivity contribution is 0.102. The highest BCUT2D eigenvalue weighted by Gasteiger charge is 2.16. The second-order valence-electron chi connectivity index (χ2n) is 4.59. The molecule has 0 radical (unpaired) electrons. The first kappa shape index (κ1) is 12.7. The molecule has 3 aromatic rings. The highest BCUT2D eigenvalue weighted by atomic mass is 35.5. The van der Waals surface area contributed by atoms with Crippen molar-refractivity contribution in [3.8, 4) is 0 Å². The summed E-state index contributed by atoms with van der Waals surface area (Å²) in [5.74, 6) is 0.771. The minimum atomic E-state index is -0.261. The Kier molecular flexibility index (Phi) is 2.99. The van der Waals surface area contributed by atoms with Gasteiger partial charge < -0.3 is 14.8 Å². The molecule has 0 aliphatic rings. The molecule has 2 aromatic heterocycles. The number of carbonyl (C=O) groups excluding carboxylic acids is 1. The van der Waals surface area contributed by atoms with Crippen molar-refractivity contribution in [2.24, 2.45) is 0 Å². The first-order chi connectivity index (χ1) is 9.54. The molecule has 0 saturated heterocycles. The maximum Gasteiger partial charge on any atom is 0.273 e. The second kappa shape index (κ2) is 4.68. The summed E-state index contributed by atoms with van der Waals surface area (Å²) in [5.41, 5.74) is 2.19. The zero-order valence-electron chi connectivity index (χ0n) is 11.0. The summed E-state index contributed by atoms with van der Waals surface area (Å²) >= 11 is 5.95. The van der Waals surface area contributed by atoms with Crippen molar-refractivity contribution in [1.29, 1.82) is 0 Å². The van der Waals surface area contributed by atoms with Crippen LogP contribution in [0.3, 0.4) is 0 Å². The number of halogens is 1. The molecule has 5 nitrogen and oxygen atoms in total. The summed E-state index contributed by atoms with van der Waals surface area (Å²) < 4.78 is 4.91. The van der Waals surface area contributed by atoms with E-state index in [9.17, 15) is 4.79 Å². The number of amides is 1. The fourth-order valence-electron chi connectivity index (χ4n) is 2.14. The third-order valence-electron chi connectivity index (χ3n) is 3.12. The molecule has 0 saturated carbocycles. The quantitative estimate of drug-likeness (QED) is 0.756. The van der Waals surface area contributed by atoms with Crippen LogP contribution in [0.15, 0.2) is 28.8 Å². The Morgan fingerprint density at radius 2 is 2.15 bits per heavy atom. The van der Waals surface area contributed by atoms with Crippen molar-refractivity contribution in [1.82, 2.24) is 10.1 Å². The zero-order chi connectivity index (χ0) is 14.3. The minimum absolute atomic E-state index is 0.261. The molecule has 0 bridgehead atoms. The normalized spacial score (nSPS) is 10.9. The number of benzene rings is 1. The number of anilines is 1. The van der Waals surface area contributed by atoms with Gasteiger partial charge in [0.15, 0.2) is 5.82 Å². The summed E-state index contributed by atoms with van der Waals surface area (Å²) in [5, 5.41) is 8.02. The first-order valence-electron chi connectivity index (χ1n) is 6.07. The molecule has 6 heteroatoms. The van der Waals surface area contributed by atoms with Crippen molar-refractivity contribution in [3.05, 3.63) is 46.3 Å². The number of nitrogens with zero attached hydrogens (tertiary/aromatic N) is 1. The van der Waals surface area contributed by atoms with Crippen LogP contribution >= 0.6 is 11.6 Å². The van der Waals surface area contributed by atoms with Crippen molar-refractivity contribution >= 4 is 34.2 Å². The average molecular weight is 290 g/mol. The Hall–Kier alpha value is -2.27. The molecule has 0 fully saturated rings. The molecule has 0 aliphatic carbocycles.